The van der Waals surface area contributed by atoms with Crippen molar-refractivity contribution in [2.75, 3.05) is 40.4 Å². The summed E-state index contributed by atoms with van der Waals surface area (Å²) in [4.78, 5) is 29.6. The van der Waals surface area contributed by atoms with Crippen molar-refractivity contribution in [2.24, 2.45) is 0 Å². The summed E-state index contributed by atoms with van der Waals surface area (Å²) >= 11 is 0. The Hall–Kier alpha value is -4.10. The second-order valence-corrected chi connectivity index (χ2v) is 9.19. The minimum atomic E-state index is -0.696. The SMILES string of the molecule is Cc1ccccc1OCCOc1ccc(C2/C(=C(\O)c3ccccc3)C(=O)C(=O)N2CCN(C)C)cc1. The smallest absolute Gasteiger partial charge is 0.295 e. The first-order valence-electron chi connectivity index (χ1n) is 12.3. The van der Waals surface area contributed by atoms with Gasteiger partial charge in [0, 0.05) is 18.7 Å². The molecule has 4 rings (SSSR count). The van der Waals surface area contributed by atoms with Gasteiger partial charge in [-0.2, -0.15) is 0 Å². The molecule has 1 aliphatic heterocycles. The summed E-state index contributed by atoms with van der Waals surface area (Å²) in [5, 5.41) is 11.1. The number of para-hydroxylation sites is 1. The third-order valence-electron chi connectivity index (χ3n) is 6.27. The molecule has 0 aliphatic carbocycles. The Morgan fingerprint density at radius 3 is 2.22 bits per heavy atom. The maximum Gasteiger partial charge on any atom is 0.295 e. The summed E-state index contributed by atoms with van der Waals surface area (Å²) in [6.07, 6.45) is 0. The minimum Gasteiger partial charge on any atom is -0.507 e. The molecular weight excluding hydrogens is 468 g/mol. The monoisotopic (exact) mass is 500 g/mol. The van der Waals surface area contributed by atoms with Crippen molar-refractivity contribution in [3.8, 4) is 11.5 Å². The van der Waals surface area contributed by atoms with Gasteiger partial charge in [0.2, 0.25) is 0 Å². The Morgan fingerprint density at radius 2 is 1.54 bits per heavy atom. The van der Waals surface area contributed by atoms with E-state index in [-0.39, 0.29) is 11.3 Å². The number of hydrogen-bond donors (Lipinski definition) is 1. The molecule has 1 heterocycles. The van der Waals surface area contributed by atoms with Crippen LogP contribution >= 0.6 is 0 Å². The fourth-order valence-electron chi connectivity index (χ4n) is 4.29. The highest BCUT2D eigenvalue weighted by atomic mass is 16.5. The Kier molecular flexibility index (Phi) is 8.25. The summed E-state index contributed by atoms with van der Waals surface area (Å²) in [6.45, 7) is 3.68. The molecule has 1 amide bonds. The van der Waals surface area contributed by atoms with E-state index in [1.165, 1.54) is 4.90 Å². The molecule has 0 aromatic heterocycles. The lowest BCUT2D eigenvalue weighted by Gasteiger charge is -2.26. The van der Waals surface area contributed by atoms with E-state index in [1.54, 1.807) is 36.4 Å². The fraction of sp³-hybridized carbons (Fsp3) is 0.267. The minimum absolute atomic E-state index is 0.0928. The van der Waals surface area contributed by atoms with Crippen molar-refractivity contribution in [1.29, 1.82) is 0 Å². The lowest BCUT2D eigenvalue weighted by molar-refractivity contribution is -0.140. The van der Waals surface area contributed by atoms with Gasteiger partial charge in [0.05, 0.1) is 11.6 Å². The molecule has 1 aliphatic rings. The Balaban J connectivity index is 1.54. The number of aliphatic hydroxyl groups is 1. The maximum absolute atomic E-state index is 13.1. The molecular formula is C30H32N2O5. The van der Waals surface area contributed by atoms with Crippen LogP contribution in [0.4, 0.5) is 0 Å². The van der Waals surface area contributed by atoms with Crippen molar-refractivity contribution in [3.05, 3.63) is 101 Å². The molecule has 7 nitrogen and oxygen atoms in total. The number of carbonyl (C=O) groups excluding carboxylic acids is 2. The van der Waals surface area contributed by atoms with E-state index in [1.807, 2.05) is 68.4 Å². The first-order valence-corrected chi connectivity index (χ1v) is 12.3. The van der Waals surface area contributed by atoms with E-state index in [0.717, 1.165) is 16.9 Å². The van der Waals surface area contributed by atoms with E-state index in [9.17, 15) is 14.7 Å². The van der Waals surface area contributed by atoms with Crippen LogP contribution in [0.1, 0.15) is 22.7 Å². The summed E-state index contributed by atoms with van der Waals surface area (Å²) in [5.74, 6) is -0.000377. The Labute approximate surface area is 217 Å². The second-order valence-electron chi connectivity index (χ2n) is 9.19. The lowest BCUT2D eigenvalue weighted by atomic mass is 9.95. The van der Waals surface area contributed by atoms with E-state index in [4.69, 9.17) is 9.47 Å². The van der Waals surface area contributed by atoms with Crippen molar-refractivity contribution in [3.63, 3.8) is 0 Å². The zero-order chi connectivity index (χ0) is 26.4. The molecule has 0 spiro atoms. The number of hydrogen-bond acceptors (Lipinski definition) is 6. The van der Waals surface area contributed by atoms with E-state index in [2.05, 4.69) is 0 Å². The predicted octanol–water partition coefficient (Wildman–Crippen LogP) is 4.44. The first kappa shape index (κ1) is 26.0. The second kappa shape index (κ2) is 11.8. The van der Waals surface area contributed by atoms with E-state index in [0.29, 0.717) is 37.6 Å². The van der Waals surface area contributed by atoms with Gasteiger partial charge < -0.3 is 24.4 Å². The number of carbonyl (C=O) groups is 2. The fourth-order valence-corrected chi connectivity index (χ4v) is 4.29. The van der Waals surface area contributed by atoms with Crippen molar-refractivity contribution >= 4 is 17.4 Å². The van der Waals surface area contributed by atoms with Gasteiger partial charge in [-0.3, -0.25) is 9.59 Å². The summed E-state index contributed by atoms with van der Waals surface area (Å²) in [7, 11) is 3.81. The first-order chi connectivity index (χ1) is 17.9. The average molecular weight is 501 g/mol. The maximum atomic E-state index is 13.1. The molecule has 1 fully saturated rings. The predicted molar refractivity (Wildman–Crippen MR) is 143 cm³/mol. The number of benzene rings is 3. The van der Waals surface area contributed by atoms with Gasteiger partial charge >= 0.3 is 0 Å². The highest BCUT2D eigenvalue weighted by Gasteiger charge is 2.45. The molecule has 1 N–H and O–H groups in total. The average Bonchev–Trinajstić information content (AvgIpc) is 3.16. The molecule has 7 heteroatoms. The van der Waals surface area contributed by atoms with E-state index < -0.39 is 17.7 Å². The van der Waals surface area contributed by atoms with Crippen molar-refractivity contribution in [1.82, 2.24) is 9.80 Å². The molecule has 37 heavy (non-hydrogen) atoms. The molecule has 0 saturated carbocycles. The zero-order valence-electron chi connectivity index (χ0n) is 21.4. The van der Waals surface area contributed by atoms with Crippen LogP contribution in [0.3, 0.4) is 0 Å². The number of ketones is 1. The molecule has 1 unspecified atom stereocenters. The van der Waals surface area contributed by atoms with Crippen LogP contribution in [-0.4, -0.2) is 67.0 Å². The van der Waals surface area contributed by atoms with Crippen LogP contribution in [0.15, 0.2) is 84.4 Å². The number of rotatable bonds is 10. The van der Waals surface area contributed by atoms with Gasteiger partial charge in [0.15, 0.2) is 0 Å². The van der Waals surface area contributed by atoms with E-state index >= 15 is 0 Å². The zero-order valence-corrected chi connectivity index (χ0v) is 21.4. The standard InChI is InChI=1S/C30H32N2O5/c1-21-9-7-8-12-25(21)37-20-19-36-24-15-13-22(14-16-24)27-26(28(33)23-10-5-4-6-11-23)29(34)30(35)32(27)18-17-31(2)3/h4-16,27,33H,17-20H2,1-3H3/b28-26+. The van der Waals surface area contributed by atoms with Gasteiger partial charge in [-0.1, -0.05) is 60.7 Å². The largest absolute Gasteiger partial charge is 0.507 e. The summed E-state index contributed by atoms with van der Waals surface area (Å²) in [5.41, 5.74) is 2.37. The van der Waals surface area contributed by atoms with Gasteiger partial charge in [0.1, 0.15) is 30.5 Å². The number of aryl methyl sites for hydroxylation is 1. The molecule has 192 valence electrons. The number of nitrogens with zero attached hydrogens (tertiary/aromatic N) is 2. The Morgan fingerprint density at radius 1 is 0.892 bits per heavy atom. The van der Waals surface area contributed by atoms with Gasteiger partial charge in [0.25, 0.3) is 11.7 Å². The number of likely N-dealkylation sites (N-methyl/N-ethyl adjacent to an activating group) is 1. The normalized spacial score (nSPS) is 16.9. The summed E-state index contributed by atoms with van der Waals surface area (Å²) < 4.78 is 11.6. The van der Waals surface area contributed by atoms with Crippen molar-refractivity contribution in [2.45, 2.75) is 13.0 Å². The van der Waals surface area contributed by atoms with Crippen LogP contribution in [0, 0.1) is 6.92 Å². The third-order valence-corrected chi connectivity index (χ3v) is 6.27. The van der Waals surface area contributed by atoms with Gasteiger partial charge in [-0.15, -0.1) is 0 Å². The van der Waals surface area contributed by atoms with Gasteiger partial charge in [-0.25, -0.2) is 0 Å². The van der Waals surface area contributed by atoms with Crippen LogP contribution in [0.25, 0.3) is 5.76 Å². The topological polar surface area (TPSA) is 79.3 Å². The quantitative estimate of drug-likeness (QED) is 0.192. The molecule has 0 radical (unpaired) electrons. The summed E-state index contributed by atoms with van der Waals surface area (Å²) in [6, 6.07) is 23.2. The number of ether oxygens (including phenoxy) is 2. The molecule has 0 bridgehead atoms. The number of amides is 1. The van der Waals surface area contributed by atoms with Crippen LogP contribution in [-0.2, 0) is 9.59 Å². The third kappa shape index (κ3) is 6.01. The number of likely N-dealkylation sites (tertiary alicyclic amines) is 1. The van der Waals surface area contributed by atoms with Crippen LogP contribution < -0.4 is 9.47 Å². The van der Waals surface area contributed by atoms with Crippen molar-refractivity contribution < 1.29 is 24.2 Å². The van der Waals surface area contributed by atoms with Crippen LogP contribution in [0.2, 0.25) is 0 Å². The number of Topliss-reactive ketones (excluding diaryl/α,β-unsaturated/α-hetero) is 1. The van der Waals surface area contributed by atoms with Gasteiger partial charge in [-0.05, 0) is 50.3 Å². The highest BCUT2D eigenvalue weighted by molar-refractivity contribution is 6.46. The highest BCUT2D eigenvalue weighted by Crippen LogP contribution is 2.39. The molecule has 1 saturated heterocycles. The molecule has 3 aromatic rings. The number of aliphatic hydroxyl groups excluding tert-OH is 1. The molecule has 3 aromatic carbocycles. The molecule has 1 atom stereocenters. The Bertz CT molecular complexity index is 1270. The van der Waals surface area contributed by atoms with Crippen LogP contribution in [0.5, 0.6) is 11.5 Å². The lowest BCUT2D eigenvalue weighted by Crippen LogP contribution is -2.35.